The van der Waals surface area contributed by atoms with Gasteiger partial charge in [-0.15, -0.1) is 0 Å². The molecule has 0 amide bonds. The summed E-state index contributed by atoms with van der Waals surface area (Å²) >= 11 is 0.889. The second kappa shape index (κ2) is 9.80. The first-order chi connectivity index (χ1) is 3.00. The zero-order valence-electron chi connectivity index (χ0n) is 4.43. The van der Waals surface area contributed by atoms with E-state index >= 15 is 0 Å². The van der Waals surface area contributed by atoms with Gasteiger partial charge in [0.15, 0.2) is 0 Å². The molecule has 1 radical (unpaired) electrons. The normalized spacial score (nSPS) is 8.00. The van der Waals surface area contributed by atoms with Crippen molar-refractivity contribution in [2.75, 3.05) is 0 Å². The van der Waals surface area contributed by atoms with Gasteiger partial charge in [0.2, 0.25) is 0 Å². The molecule has 4 nitrogen and oxygen atoms in total. The van der Waals surface area contributed by atoms with Crippen molar-refractivity contribution in [2.45, 2.75) is 0 Å². The molecule has 8 heavy (non-hydrogen) atoms. The van der Waals surface area contributed by atoms with Gasteiger partial charge < -0.3 is 19.2 Å². The van der Waals surface area contributed by atoms with E-state index in [-0.39, 0.29) is 17.1 Å². The second-order valence-electron chi connectivity index (χ2n) is 0.447. The van der Waals surface area contributed by atoms with Gasteiger partial charge in [-0.3, -0.25) is 0 Å². The molecule has 0 bridgehead atoms. The Bertz CT molecular complexity index is 62.2. The van der Waals surface area contributed by atoms with Crippen LogP contribution in [0.15, 0.2) is 0 Å². The molecule has 0 rings (SSSR count). The molecule has 0 unspecified atom stereocenters. The third-order valence-corrected chi connectivity index (χ3v) is 0. The molecule has 0 fully saturated rings. The molecule has 0 saturated carbocycles. The predicted molar refractivity (Wildman–Crippen MR) is 20.5 cm³/mol. The van der Waals surface area contributed by atoms with Gasteiger partial charge in [-0.1, -0.05) is 0 Å². The molecule has 8 heteroatoms. The molecule has 0 aromatic heterocycles. The first-order valence-electron chi connectivity index (χ1n) is 1.73. The van der Waals surface area contributed by atoms with Crippen LogP contribution >= 0.6 is 7.82 Å². The Morgan fingerprint density at radius 1 is 1.25 bits per heavy atom. The van der Waals surface area contributed by atoms with Crippen LogP contribution in [-0.2, 0) is 21.6 Å². The summed E-state index contributed by atoms with van der Waals surface area (Å²) in [7, 11) is -3.17. The Morgan fingerprint density at radius 3 is 1.25 bits per heavy atom. The average molecular weight is 296 g/mol. The van der Waals surface area contributed by atoms with Crippen LogP contribution in [0.25, 0.3) is 0 Å². The monoisotopic (exact) mass is 297 g/mol. The number of hydrogen-bond donors (Lipinski definition) is 0. The first kappa shape index (κ1) is 17.0. The molecule has 41 valence electrons. The number of hydrogen-bond acceptors (Lipinski definition) is 4. The third-order valence-electron chi connectivity index (χ3n) is 0. The zero-order chi connectivity index (χ0) is 6.50. The van der Waals surface area contributed by atoms with Gasteiger partial charge in [0, 0.05) is 0 Å². The van der Waals surface area contributed by atoms with E-state index in [1.807, 2.05) is 0 Å². The van der Waals surface area contributed by atoms with E-state index in [9.17, 15) is 0 Å². The molecule has 0 atom stereocenters. The van der Waals surface area contributed by atoms with E-state index < -0.39 is 7.82 Å². The molecular formula is HBaFeLiO4P. The summed E-state index contributed by atoms with van der Waals surface area (Å²) in [4.78, 5) is 25.6. The predicted octanol–water partition coefficient (Wildman–Crippen LogP) is -3.86. The molecule has 0 aliphatic rings. The Balaban J connectivity index is -0.0000000750. The minimum absolute atomic E-state index is 0. The van der Waals surface area contributed by atoms with E-state index in [4.69, 9.17) is 19.2 Å². The molecule has 0 aliphatic carbocycles. The van der Waals surface area contributed by atoms with Crippen LogP contribution in [-0.4, -0.2) is 50.8 Å². The van der Waals surface area contributed by atoms with E-state index in [2.05, 4.69) is 8.43 Å². The number of phosphoric acid groups is 1. The molecule has 0 heterocycles. The van der Waals surface area contributed by atoms with Crippen molar-refractivity contribution in [3.8, 4) is 0 Å². The van der Waals surface area contributed by atoms with Crippen molar-refractivity contribution in [1.29, 1.82) is 0 Å². The molecular weight excluding hydrogens is 295 g/mol. The molecule has 0 aliphatic heterocycles. The molecule has 0 spiro atoms. The van der Waals surface area contributed by atoms with E-state index in [1.54, 1.807) is 0 Å². The van der Waals surface area contributed by atoms with Crippen LogP contribution in [0.3, 0.4) is 0 Å². The van der Waals surface area contributed by atoms with E-state index in [1.165, 1.54) is 0 Å². The van der Waals surface area contributed by atoms with Gasteiger partial charge in [-0.2, -0.15) is 7.82 Å². The van der Waals surface area contributed by atoms with E-state index in [0.717, 1.165) is 42.4 Å². The Kier molecular flexibility index (Phi) is 20.9. The van der Waals surface area contributed by atoms with Crippen molar-refractivity contribution in [3.63, 3.8) is 0 Å². The van der Waals surface area contributed by atoms with Gasteiger partial charge in [0.1, 0.15) is 0 Å². The van der Waals surface area contributed by atoms with Crippen LogP contribution in [0.4, 0.5) is 0 Å². The molecule has 0 aromatic carbocycles. The summed E-state index contributed by atoms with van der Waals surface area (Å²) in [5.41, 5.74) is 0. The second-order valence-corrected chi connectivity index (χ2v) is 1.34. The van der Waals surface area contributed by atoms with E-state index in [0.29, 0.717) is 0 Å². The fourth-order valence-corrected chi connectivity index (χ4v) is 0. The SMILES string of the molecule is O=P([O-])([O-])[O-].[Fe+3].[Li][BaH]. The summed E-state index contributed by atoms with van der Waals surface area (Å²) in [6.45, 7) is 0. The fraction of sp³-hybridized carbons (Fsp3) is 0. The topological polar surface area (TPSA) is 86.2 Å². The Hall–Kier alpha value is 2.80. The maximum absolute atomic E-state index is 8.55. The standard InChI is InChI=1S/Ba.Fe.Li.H3O4P.H/c;;;1-5(2,3)4;/h;;;(H3,1,2,3,4);/q;+3;;;/p-3. The van der Waals surface area contributed by atoms with Crippen LogP contribution in [0.2, 0.25) is 0 Å². The maximum atomic E-state index is 8.55. The van der Waals surface area contributed by atoms with Crippen LogP contribution in [0.5, 0.6) is 0 Å². The average Bonchev–Trinajstić information content (AvgIpc) is 1.36. The first-order valence-corrected chi connectivity index (χ1v) is 9.47. The van der Waals surface area contributed by atoms with Crippen molar-refractivity contribution in [2.24, 2.45) is 0 Å². The van der Waals surface area contributed by atoms with Crippen LogP contribution < -0.4 is 14.7 Å². The Morgan fingerprint density at radius 2 is 1.25 bits per heavy atom. The van der Waals surface area contributed by atoms with Crippen LogP contribution in [0, 0.1) is 0 Å². The summed E-state index contributed by atoms with van der Waals surface area (Å²) in [5, 5.41) is 0. The van der Waals surface area contributed by atoms with Crippen molar-refractivity contribution < 1.29 is 36.3 Å². The minimum atomic E-state index is -5.39. The van der Waals surface area contributed by atoms with Gasteiger partial charge in [-0.05, 0) is 0 Å². The summed E-state index contributed by atoms with van der Waals surface area (Å²) in [6.07, 6.45) is 0. The van der Waals surface area contributed by atoms with Crippen molar-refractivity contribution in [1.82, 2.24) is 0 Å². The quantitative estimate of drug-likeness (QED) is 0.338. The molecule has 0 aromatic rings. The molecule has 0 N–H and O–H groups in total. The summed E-state index contributed by atoms with van der Waals surface area (Å²) < 4.78 is 8.55. The Labute approximate surface area is 92.9 Å². The fourth-order valence-electron chi connectivity index (χ4n) is 0. The summed E-state index contributed by atoms with van der Waals surface area (Å²) in [5.74, 6) is 0. The molecule has 0 saturated heterocycles. The van der Waals surface area contributed by atoms with Gasteiger partial charge in [-0.25, -0.2) is 0 Å². The third kappa shape index (κ3) is 68.3. The summed E-state index contributed by atoms with van der Waals surface area (Å²) in [6, 6.07) is 0. The van der Waals surface area contributed by atoms with Crippen molar-refractivity contribution in [3.05, 3.63) is 0 Å². The van der Waals surface area contributed by atoms with Crippen LogP contribution in [0.1, 0.15) is 0 Å². The van der Waals surface area contributed by atoms with Gasteiger partial charge >= 0.3 is 67.9 Å². The zero-order valence-corrected chi connectivity index (χ0v) is 12.7. The van der Waals surface area contributed by atoms with Gasteiger partial charge in [0.05, 0.1) is 0 Å². The van der Waals surface area contributed by atoms with Crippen molar-refractivity contribution >= 4 is 58.7 Å². The number of rotatable bonds is 0. The van der Waals surface area contributed by atoms with Gasteiger partial charge in [0.25, 0.3) is 0 Å².